The fraction of sp³-hybridized carbons (Fsp3) is 0.435. The fourth-order valence-electron chi connectivity index (χ4n) is 4.72. The van der Waals surface area contributed by atoms with E-state index in [1.165, 1.54) is 12.1 Å². The monoisotopic (exact) mass is 473 g/mol. The van der Waals surface area contributed by atoms with Gasteiger partial charge in [0, 0.05) is 29.7 Å². The van der Waals surface area contributed by atoms with Crippen molar-refractivity contribution in [1.82, 2.24) is 9.88 Å². The number of aromatic nitrogens is 1. The third-order valence-electron chi connectivity index (χ3n) is 6.38. The molecule has 1 saturated carbocycles. The van der Waals surface area contributed by atoms with Gasteiger partial charge < -0.3 is 10.2 Å². The van der Waals surface area contributed by atoms with Gasteiger partial charge in [0.15, 0.2) is 0 Å². The van der Waals surface area contributed by atoms with Crippen LogP contribution < -0.4 is 5.32 Å². The lowest BCUT2D eigenvalue weighted by molar-refractivity contribution is -0.140. The molecule has 1 N–H and O–H groups in total. The van der Waals surface area contributed by atoms with E-state index in [0.717, 1.165) is 35.7 Å². The number of piperidine rings is 1. The van der Waals surface area contributed by atoms with Crippen LogP contribution in [0.2, 0.25) is 0 Å². The maximum Gasteiger partial charge on any atom is 0.233 e. The zero-order valence-corrected chi connectivity index (χ0v) is 18.3. The molecule has 2 aliphatic rings. The van der Waals surface area contributed by atoms with Crippen molar-refractivity contribution in [3.8, 4) is 0 Å². The number of amides is 2. The van der Waals surface area contributed by atoms with Crippen LogP contribution in [-0.4, -0.2) is 34.8 Å². The molecule has 2 heterocycles. The summed E-state index contributed by atoms with van der Waals surface area (Å²) in [7, 11) is 0. The minimum Gasteiger partial charge on any atom is -0.342 e. The average Bonchev–Trinajstić information content (AvgIpc) is 3.26. The van der Waals surface area contributed by atoms with Gasteiger partial charge in [-0.3, -0.25) is 9.59 Å². The van der Waals surface area contributed by atoms with E-state index in [0.29, 0.717) is 31.7 Å². The number of nitrogens with one attached hydrogen (secondary N) is 1. The van der Waals surface area contributed by atoms with Crippen LogP contribution in [0.4, 0.5) is 10.2 Å². The highest BCUT2D eigenvalue weighted by Gasteiger charge is 2.45. The smallest absolute Gasteiger partial charge is 0.233 e. The summed E-state index contributed by atoms with van der Waals surface area (Å²) in [6.07, 6.45) is 6.34. The number of hydrogen-bond acceptors (Lipinski definition) is 3. The number of hydrogen-bond donors (Lipinski definition) is 1. The number of likely N-dealkylation sites (tertiary alicyclic amines) is 1. The molecule has 4 rings (SSSR count). The summed E-state index contributed by atoms with van der Waals surface area (Å²) >= 11 is 3.33. The molecule has 0 radical (unpaired) electrons. The first-order valence-electron chi connectivity index (χ1n) is 10.5. The third-order valence-corrected chi connectivity index (χ3v) is 6.84. The SMILES string of the molecule is O=C(Nc1ccc(Br)cn1)C1CCN(C(=O)C2(c3cccc(F)c3)CCCC2)CC1. The quantitative estimate of drug-likeness (QED) is 0.701. The molecule has 2 amide bonds. The number of anilines is 1. The van der Waals surface area contributed by atoms with Crippen LogP contribution in [0.3, 0.4) is 0 Å². The molecule has 7 heteroatoms. The normalized spacial score (nSPS) is 18.9. The van der Waals surface area contributed by atoms with Crippen LogP contribution in [0.15, 0.2) is 47.1 Å². The number of benzene rings is 1. The summed E-state index contributed by atoms with van der Waals surface area (Å²) in [6.45, 7) is 1.09. The number of nitrogens with zero attached hydrogens (tertiary/aromatic N) is 2. The van der Waals surface area contributed by atoms with Gasteiger partial charge in [-0.1, -0.05) is 25.0 Å². The van der Waals surface area contributed by atoms with Crippen molar-refractivity contribution in [2.24, 2.45) is 5.92 Å². The van der Waals surface area contributed by atoms with E-state index in [-0.39, 0.29) is 23.5 Å². The summed E-state index contributed by atoms with van der Waals surface area (Å²) in [4.78, 5) is 32.2. The maximum atomic E-state index is 13.9. The van der Waals surface area contributed by atoms with Crippen LogP contribution in [0.25, 0.3) is 0 Å². The van der Waals surface area contributed by atoms with Gasteiger partial charge in [-0.05, 0) is 71.4 Å². The van der Waals surface area contributed by atoms with Gasteiger partial charge in [0.2, 0.25) is 11.8 Å². The van der Waals surface area contributed by atoms with Gasteiger partial charge in [0.05, 0.1) is 5.41 Å². The van der Waals surface area contributed by atoms with Crippen molar-refractivity contribution < 1.29 is 14.0 Å². The Balaban J connectivity index is 1.41. The molecule has 158 valence electrons. The molecule has 5 nitrogen and oxygen atoms in total. The van der Waals surface area contributed by atoms with E-state index >= 15 is 0 Å². The summed E-state index contributed by atoms with van der Waals surface area (Å²) in [6, 6.07) is 10.1. The fourth-order valence-corrected chi connectivity index (χ4v) is 4.95. The highest BCUT2D eigenvalue weighted by atomic mass is 79.9. The highest BCUT2D eigenvalue weighted by molar-refractivity contribution is 9.10. The number of rotatable bonds is 4. The second-order valence-corrected chi connectivity index (χ2v) is 9.13. The van der Waals surface area contributed by atoms with E-state index in [9.17, 15) is 14.0 Å². The number of halogens is 2. The van der Waals surface area contributed by atoms with Crippen LogP contribution in [0.5, 0.6) is 0 Å². The van der Waals surface area contributed by atoms with Crippen molar-refractivity contribution in [1.29, 1.82) is 0 Å². The molecule has 1 saturated heterocycles. The molecule has 1 aliphatic carbocycles. The van der Waals surface area contributed by atoms with Crippen molar-refractivity contribution in [3.05, 3.63) is 58.4 Å². The lowest BCUT2D eigenvalue weighted by Gasteiger charge is -2.38. The molecule has 30 heavy (non-hydrogen) atoms. The maximum absolute atomic E-state index is 13.9. The Bertz CT molecular complexity index is 920. The first kappa shape index (κ1) is 21.0. The Labute approximate surface area is 184 Å². The molecule has 0 bridgehead atoms. The second kappa shape index (κ2) is 8.84. The van der Waals surface area contributed by atoms with Crippen molar-refractivity contribution in [3.63, 3.8) is 0 Å². The number of pyridine rings is 1. The van der Waals surface area contributed by atoms with Crippen LogP contribution in [0.1, 0.15) is 44.1 Å². The topological polar surface area (TPSA) is 62.3 Å². The second-order valence-electron chi connectivity index (χ2n) is 8.22. The molecule has 1 aromatic heterocycles. The molecular weight excluding hydrogens is 449 g/mol. The molecule has 1 aromatic carbocycles. The van der Waals surface area contributed by atoms with E-state index in [1.807, 2.05) is 17.0 Å². The van der Waals surface area contributed by atoms with E-state index in [4.69, 9.17) is 0 Å². The van der Waals surface area contributed by atoms with Gasteiger partial charge in [0.1, 0.15) is 11.6 Å². The van der Waals surface area contributed by atoms with Gasteiger partial charge in [0.25, 0.3) is 0 Å². The molecular formula is C23H25BrFN3O2. The molecule has 0 atom stereocenters. The van der Waals surface area contributed by atoms with E-state index in [2.05, 4.69) is 26.2 Å². The standard InChI is InChI=1S/C23H25BrFN3O2/c24-18-6-7-20(26-15-18)27-21(29)16-8-12-28(13-9-16)22(30)23(10-1-2-11-23)17-4-3-5-19(25)14-17/h3-7,14-16H,1-2,8-13H2,(H,26,27,29). The first-order valence-corrected chi connectivity index (χ1v) is 11.3. The molecule has 1 aliphatic heterocycles. The Morgan fingerprint density at radius 3 is 2.50 bits per heavy atom. The minimum absolute atomic E-state index is 0.0577. The van der Waals surface area contributed by atoms with Gasteiger partial charge in [-0.2, -0.15) is 0 Å². The molecule has 2 fully saturated rings. The van der Waals surface area contributed by atoms with Crippen LogP contribution >= 0.6 is 15.9 Å². The predicted octanol–water partition coefficient (Wildman–Crippen LogP) is 4.67. The van der Waals surface area contributed by atoms with E-state index < -0.39 is 5.41 Å². The predicted molar refractivity (Wildman–Crippen MR) is 116 cm³/mol. The Morgan fingerprint density at radius 2 is 1.87 bits per heavy atom. The van der Waals surface area contributed by atoms with Crippen LogP contribution in [-0.2, 0) is 15.0 Å². The van der Waals surface area contributed by atoms with Crippen molar-refractivity contribution >= 4 is 33.6 Å². The highest BCUT2D eigenvalue weighted by Crippen LogP contribution is 2.43. The Kier molecular flexibility index (Phi) is 6.18. The van der Waals surface area contributed by atoms with E-state index in [1.54, 1.807) is 18.3 Å². The minimum atomic E-state index is -0.626. The van der Waals surface area contributed by atoms with Gasteiger partial charge in [-0.25, -0.2) is 9.37 Å². The summed E-state index contributed by atoms with van der Waals surface area (Å²) < 4.78 is 14.7. The van der Waals surface area contributed by atoms with Crippen LogP contribution in [0, 0.1) is 11.7 Å². The van der Waals surface area contributed by atoms with Crippen molar-refractivity contribution in [2.75, 3.05) is 18.4 Å². The Hall–Kier alpha value is -2.28. The Morgan fingerprint density at radius 1 is 1.13 bits per heavy atom. The zero-order valence-electron chi connectivity index (χ0n) is 16.7. The molecule has 2 aromatic rings. The molecule has 0 unspecified atom stereocenters. The van der Waals surface area contributed by atoms with Gasteiger partial charge in [-0.15, -0.1) is 0 Å². The lowest BCUT2D eigenvalue weighted by Crippen LogP contribution is -2.49. The lowest BCUT2D eigenvalue weighted by atomic mass is 9.77. The third kappa shape index (κ3) is 4.26. The number of carbonyl (C=O) groups excluding carboxylic acids is 2. The summed E-state index contributed by atoms with van der Waals surface area (Å²) in [5, 5.41) is 2.86. The summed E-state index contributed by atoms with van der Waals surface area (Å²) in [5.41, 5.74) is 0.157. The van der Waals surface area contributed by atoms with Gasteiger partial charge >= 0.3 is 0 Å². The summed E-state index contributed by atoms with van der Waals surface area (Å²) in [5.74, 6) is 0.103. The number of carbonyl (C=O) groups is 2. The molecule has 0 spiro atoms. The first-order chi connectivity index (χ1) is 14.5. The average molecular weight is 474 g/mol. The largest absolute Gasteiger partial charge is 0.342 e. The van der Waals surface area contributed by atoms with Crippen molar-refractivity contribution in [2.45, 2.75) is 43.9 Å². The zero-order chi connectivity index (χ0) is 21.1.